The van der Waals surface area contributed by atoms with Crippen LogP contribution in [0.3, 0.4) is 0 Å². The molecule has 122 valence electrons. The van der Waals surface area contributed by atoms with Gasteiger partial charge in [0.1, 0.15) is 6.29 Å². The molecule has 0 spiro atoms. The maximum Gasteiger partial charge on any atom is 0.119 e. The Bertz CT molecular complexity index is 157. The van der Waals surface area contributed by atoms with Gasteiger partial charge in [0, 0.05) is 6.42 Å². The van der Waals surface area contributed by atoms with Crippen LogP contribution in [-0.2, 0) is 4.79 Å². The van der Waals surface area contributed by atoms with Crippen LogP contribution in [0.1, 0.15) is 85.0 Å². The fourth-order valence-electron chi connectivity index (χ4n) is 1.59. The van der Waals surface area contributed by atoms with Crippen LogP contribution >= 0.6 is 0 Å². The first-order valence-electron chi connectivity index (χ1n) is 8.52. The number of nitrogens with one attached hydrogen (secondary N) is 1. The quantitative estimate of drug-likeness (QED) is 0.290. The second kappa shape index (κ2) is 31.0. The van der Waals surface area contributed by atoms with Crippen molar-refractivity contribution in [3.05, 3.63) is 12.7 Å². The number of aldehydes is 1. The molecule has 0 bridgehead atoms. The second-order valence-corrected chi connectivity index (χ2v) is 4.61. The van der Waals surface area contributed by atoms with E-state index < -0.39 is 0 Å². The summed E-state index contributed by atoms with van der Waals surface area (Å²) < 4.78 is 0. The summed E-state index contributed by atoms with van der Waals surface area (Å²) in [6.07, 6.45) is 15.5. The maximum absolute atomic E-state index is 9.40. The van der Waals surface area contributed by atoms with E-state index in [1.54, 1.807) is 0 Å². The standard InChI is InChI=1S/C12H25N.C4H8O.C2H6/c1-3-4-5-6-7-8-9-10-11-12-13-2;1-2-3-4-5;1-2/h3,13H,1,4-12H2,2H3;4H,2-3H2,1H3;1-2H3. The van der Waals surface area contributed by atoms with Crippen LogP contribution in [0.25, 0.3) is 0 Å². The molecule has 0 aliphatic rings. The lowest BCUT2D eigenvalue weighted by atomic mass is 10.1. The highest BCUT2D eigenvalue weighted by molar-refractivity contribution is 5.48. The van der Waals surface area contributed by atoms with Gasteiger partial charge in [-0.05, 0) is 39.3 Å². The van der Waals surface area contributed by atoms with Gasteiger partial charge in [-0.15, -0.1) is 6.58 Å². The van der Waals surface area contributed by atoms with Crippen molar-refractivity contribution in [2.45, 2.75) is 85.0 Å². The SMILES string of the molecule is C=CCCCCCCCCCNC.CC.CCCC=O. The van der Waals surface area contributed by atoms with Gasteiger partial charge in [-0.25, -0.2) is 0 Å². The predicted octanol–water partition coefficient (Wildman–Crippen LogP) is 5.52. The third kappa shape index (κ3) is 36.0. The molecule has 2 nitrogen and oxygen atoms in total. The number of allylic oxidation sites excluding steroid dienone is 1. The molecule has 0 aromatic carbocycles. The van der Waals surface area contributed by atoms with Crippen molar-refractivity contribution in [3.8, 4) is 0 Å². The second-order valence-electron chi connectivity index (χ2n) is 4.61. The zero-order chi connectivity index (χ0) is 15.9. The summed E-state index contributed by atoms with van der Waals surface area (Å²) in [5.41, 5.74) is 0. The first-order chi connectivity index (χ1) is 9.83. The zero-order valence-corrected chi connectivity index (χ0v) is 14.5. The van der Waals surface area contributed by atoms with Gasteiger partial charge in [0.15, 0.2) is 0 Å². The summed E-state index contributed by atoms with van der Waals surface area (Å²) in [5, 5.41) is 3.18. The Morgan fingerprint density at radius 2 is 1.40 bits per heavy atom. The van der Waals surface area contributed by atoms with E-state index in [9.17, 15) is 4.79 Å². The summed E-state index contributed by atoms with van der Waals surface area (Å²) >= 11 is 0. The third-order valence-electron chi connectivity index (χ3n) is 2.74. The van der Waals surface area contributed by atoms with Crippen LogP contribution in [0.15, 0.2) is 12.7 Å². The van der Waals surface area contributed by atoms with Crippen LogP contribution < -0.4 is 5.32 Å². The molecule has 20 heavy (non-hydrogen) atoms. The highest BCUT2D eigenvalue weighted by Gasteiger charge is 1.90. The number of carbonyl (C=O) groups is 1. The molecule has 2 heteroatoms. The van der Waals surface area contributed by atoms with Gasteiger partial charge in [0.25, 0.3) is 0 Å². The molecular formula is C18H39NO. The summed E-state index contributed by atoms with van der Waals surface area (Å²) in [6.45, 7) is 10.9. The molecule has 0 fully saturated rings. The van der Waals surface area contributed by atoms with Crippen molar-refractivity contribution in [2.75, 3.05) is 13.6 Å². The minimum absolute atomic E-state index is 0.708. The molecule has 0 aliphatic carbocycles. The van der Waals surface area contributed by atoms with Crippen molar-refractivity contribution in [2.24, 2.45) is 0 Å². The van der Waals surface area contributed by atoms with E-state index in [1.165, 1.54) is 57.9 Å². The fourth-order valence-corrected chi connectivity index (χ4v) is 1.59. The van der Waals surface area contributed by atoms with E-state index in [2.05, 4.69) is 11.9 Å². The Morgan fingerprint density at radius 3 is 1.75 bits per heavy atom. The van der Waals surface area contributed by atoms with Gasteiger partial charge < -0.3 is 10.1 Å². The molecule has 0 aromatic rings. The van der Waals surface area contributed by atoms with Crippen molar-refractivity contribution in [3.63, 3.8) is 0 Å². The number of carbonyl (C=O) groups excluding carboxylic acids is 1. The molecule has 0 aliphatic heterocycles. The van der Waals surface area contributed by atoms with E-state index in [-0.39, 0.29) is 0 Å². The molecule has 0 atom stereocenters. The van der Waals surface area contributed by atoms with Crippen molar-refractivity contribution < 1.29 is 4.79 Å². The maximum atomic E-state index is 9.40. The molecule has 0 radical (unpaired) electrons. The minimum Gasteiger partial charge on any atom is -0.320 e. The van der Waals surface area contributed by atoms with Crippen LogP contribution in [0, 0.1) is 0 Å². The molecule has 0 unspecified atom stereocenters. The lowest BCUT2D eigenvalue weighted by Gasteiger charge is -2.00. The van der Waals surface area contributed by atoms with E-state index in [4.69, 9.17) is 0 Å². The Labute approximate surface area is 128 Å². The van der Waals surface area contributed by atoms with E-state index in [1.807, 2.05) is 33.9 Å². The van der Waals surface area contributed by atoms with Gasteiger partial charge in [0.05, 0.1) is 0 Å². The number of unbranched alkanes of at least 4 members (excludes halogenated alkanes) is 8. The minimum atomic E-state index is 0.708. The first kappa shape index (κ1) is 24.4. The largest absolute Gasteiger partial charge is 0.320 e. The van der Waals surface area contributed by atoms with Crippen molar-refractivity contribution >= 4 is 6.29 Å². The molecule has 0 saturated heterocycles. The predicted molar refractivity (Wildman–Crippen MR) is 93.4 cm³/mol. The highest BCUT2D eigenvalue weighted by atomic mass is 16.1. The lowest BCUT2D eigenvalue weighted by molar-refractivity contribution is -0.107. The lowest BCUT2D eigenvalue weighted by Crippen LogP contribution is -2.06. The Balaban J connectivity index is -0.000000346. The smallest absolute Gasteiger partial charge is 0.119 e. The topological polar surface area (TPSA) is 29.1 Å². The van der Waals surface area contributed by atoms with Crippen molar-refractivity contribution in [1.29, 1.82) is 0 Å². The van der Waals surface area contributed by atoms with Gasteiger partial charge in [-0.1, -0.05) is 59.0 Å². The third-order valence-corrected chi connectivity index (χ3v) is 2.74. The van der Waals surface area contributed by atoms with Crippen LogP contribution in [0.5, 0.6) is 0 Å². The van der Waals surface area contributed by atoms with Gasteiger partial charge in [0.2, 0.25) is 0 Å². The Hall–Kier alpha value is -0.630. The summed E-state index contributed by atoms with van der Waals surface area (Å²) in [7, 11) is 2.02. The van der Waals surface area contributed by atoms with E-state index >= 15 is 0 Å². The van der Waals surface area contributed by atoms with Gasteiger partial charge in [-0.3, -0.25) is 0 Å². The number of hydrogen-bond acceptors (Lipinski definition) is 2. The average Bonchev–Trinajstić information content (AvgIpc) is 2.49. The highest BCUT2D eigenvalue weighted by Crippen LogP contribution is 2.08. The Morgan fingerprint density at radius 1 is 0.900 bits per heavy atom. The van der Waals surface area contributed by atoms with Crippen molar-refractivity contribution in [1.82, 2.24) is 5.32 Å². The monoisotopic (exact) mass is 285 g/mol. The van der Waals surface area contributed by atoms with Gasteiger partial charge >= 0.3 is 0 Å². The van der Waals surface area contributed by atoms with Crippen LogP contribution in [0.4, 0.5) is 0 Å². The molecule has 1 N–H and O–H groups in total. The zero-order valence-electron chi connectivity index (χ0n) is 14.5. The average molecular weight is 286 g/mol. The molecule has 0 rings (SSSR count). The van der Waals surface area contributed by atoms with Crippen LogP contribution in [0.2, 0.25) is 0 Å². The fraction of sp³-hybridized carbons (Fsp3) is 0.833. The molecule has 0 aromatic heterocycles. The normalized spacial score (nSPS) is 8.80. The molecule has 0 amide bonds. The number of rotatable bonds is 12. The molecule has 0 saturated carbocycles. The molecule has 0 heterocycles. The van der Waals surface area contributed by atoms with E-state index in [0.717, 1.165) is 12.7 Å². The van der Waals surface area contributed by atoms with Gasteiger partial charge in [-0.2, -0.15) is 0 Å². The summed E-state index contributed by atoms with van der Waals surface area (Å²) in [4.78, 5) is 9.40. The summed E-state index contributed by atoms with van der Waals surface area (Å²) in [5.74, 6) is 0. The molecular weight excluding hydrogens is 246 g/mol. The van der Waals surface area contributed by atoms with Crippen LogP contribution in [-0.4, -0.2) is 19.9 Å². The number of hydrogen-bond donors (Lipinski definition) is 1. The first-order valence-corrected chi connectivity index (χ1v) is 8.52. The summed E-state index contributed by atoms with van der Waals surface area (Å²) in [6, 6.07) is 0. The van der Waals surface area contributed by atoms with E-state index in [0.29, 0.717) is 6.42 Å². The Kier molecular flexibility index (Phi) is 37.8.